The fourth-order valence-electron chi connectivity index (χ4n) is 3.77. The number of unbranched alkanes of at least 4 members (excludes halogenated alkanes) is 1. The van der Waals surface area contributed by atoms with Crippen molar-refractivity contribution in [2.75, 3.05) is 6.61 Å². The fraction of sp³-hybridized carbons (Fsp3) is 0.296. The van der Waals surface area contributed by atoms with Crippen LogP contribution in [-0.2, 0) is 13.2 Å². The van der Waals surface area contributed by atoms with Crippen molar-refractivity contribution in [3.05, 3.63) is 89.2 Å². The molecule has 0 saturated heterocycles. The van der Waals surface area contributed by atoms with E-state index in [9.17, 15) is 0 Å². The standard InChI is InChI=1S/C27H30N2O2/c1-20-10-8-12-23(18-20)31-19-27-28-24-13-4-5-14-25(24)29(27)16-6-7-17-30-26-15-9-11-21(2)22(26)3/h4-5,8-15,18H,6-7,16-17,19H2,1-3H3. The molecule has 0 fully saturated rings. The van der Waals surface area contributed by atoms with Gasteiger partial charge in [0.15, 0.2) is 0 Å². The Kier molecular flexibility index (Phi) is 6.56. The molecule has 0 amide bonds. The van der Waals surface area contributed by atoms with Crippen molar-refractivity contribution in [2.24, 2.45) is 0 Å². The number of aryl methyl sites for hydroxylation is 3. The second kappa shape index (κ2) is 9.69. The van der Waals surface area contributed by atoms with Gasteiger partial charge in [0.25, 0.3) is 0 Å². The van der Waals surface area contributed by atoms with Crippen molar-refractivity contribution < 1.29 is 9.47 Å². The van der Waals surface area contributed by atoms with Crippen LogP contribution < -0.4 is 9.47 Å². The summed E-state index contributed by atoms with van der Waals surface area (Å²) < 4.78 is 14.3. The summed E-state index contributed by atoms with van der Waals surface area (Å²) in [6, 6.07) is 22.6. The first-order valence-electron chi connectivity index (χ1n) is 10.9. The van der Waals surface area contributed by atoms with Crippen LogP contribution >= 0.6 is 0 Å². The van der Waals surface area contributed by atoms with E-state index >= 15 is 0 Å². The van der Waals surface area contributed by atoms with Gasteiger partial charge >= 0.3 is 0 Å². The van der Waals surface area contributed by atoms with Gasteiger partial charge in [-0.1, -0.05) is 36.4 Å². The highest BCUT2D eigenvalue weighted by atomic mass is 16.5. The molecule has 1 aromatic heterocycles. The van der Waals surface area contributed by atoms with Crippen molar-refractivity contribution in [1.82, 2.24) is 9.55 Å². The van der Waals surface area contributed by atoms with E-state index in [1.807, 2.05) is 24.3 Å². The Balaban J connectivity index is 1.39. The van der Waals surface area contributed by atoms with E-state index in [0.29, 0.717) is 13.2 Å². The van der Waals surface area contributed by atoms with Gasteiger partial charge in [-0.3, -0.25) is 0 Å². The van der Waals surface area contributed by atoms with Crippen LogP contribution in [0.2, 0.25) is 0 Å². The number of hydrogen-bond acceptors (Lipinski definition) is 3. The molecule has 0 radical (unpaired) electrons. The first-order chi connectivity index (χ1) is 15.1. The molecule has 0 unspecified atom stereocenters. The maximum absolute atomic E-state index is 6.04. The number of imidazole rings is 1. The van der Waals surface area contributed by atoms with Crippen LogP contribution in [0.5, 0.6) is 11.5 Å². The topological polar surface area (TPSA) is 36.3 Å². The van der Waals surface area contributed by atoms with Gasteiger partial charge in [0, 0.05) is 6.54 Å². The van der Waals surface area contributed by atoms with Crippen LogP contribution in [0.25, 0.3) is 11.0 Å². The van der Waals surface area contributed by atoms with Crippen molar-refractivity contribution in [3.63, 3.8) is 0 Å². The lowest BCUT2D eigenvalue weighted by Gasteiger charge is -2.12. The summed E-state index contributed by atoms with van der Waals surface area (Å²) in [5.41, 5.74) is 5.84. The van der Waals surface area contributed by atoms with E-state index in [4.69, 9.17) is 14.5 Å². The average Bonchev–Trinajstić information content (AvgIpc) is 3.12. The minimum absolute atomic E-state index is 0.455. The zero-order chi connectivity index (χ0) is 21.6. The second-order valence-electron chi connectivity index (χ2n) is 8.03. The summed E-state index contributed by atoms with van der Waals surface area (Å²) in [5.74, 6) is 2.82. The first-order valence-corrected chi connectivity index (χ1v) is 10.9. The molecule has 0 spiro atoms. The third-order valence-electron chi connectivity index (χ3n) is 5.68. The van der Waals surface area contributed by atoms with Gasteiger partial charge in [0.2, 0.25) is 0 Å². The maximum atomic E-state index is 6.04. The van der Waals surface area contributed by atoms with Crippen molar-refractivity contribution in [3.8, 4) is 11.5 Å². The zero-order valence-electron chi connectivity index (χ0n) is 18.6. The third-order valence-corrected chi connectivity index (χ3v) is 5.68. The smallest absolute Gasteiger partial charge is 0.147 e. The molecule has 0 N–H and O–H groups in total. The highest BCUT2D eigenvalue weighted by Gasteiger charge is 2.11. The Morgan fingerprint density at radius 2 is 1.68 bits per heavy atom. The van der Waals surface area contributed by atoms with E-state index in [-0.39, 0.29) is 0 Å². The second-order valence-corrected chi connectivity index (χ2v) is 8.03. The number of hydrogen-bond donors (Lipinski definition) is 0. The van der Waals surface area contributed by atoms with Gasteiger partial charge in [-0.25, -0.2) is 4.98 Å². The molecule has 4 rings (SSSR count). The van der Waals surface area contributed by atoms with Gasteiger partial charge < -0.3 is 14.0 Å². The molecule has 4 aromatic rings. The number of rotatable bonds is 9. The van der Waals surface area contributed by atoms with E-state index in [0.717, 1.165) is 47.7 Å². The summed E-state index contributed by atoms with van der Waals surface area (Å²) in [4.78, 5) is 4.82. The van der Waals surface area contributed by atoms with Crippen molar-refractivity contribution >= 4 is 11.0 Å². The molecule has 0 bridgehead atoms. The third kappa shape index (κ3) is 5.08. The monoisotopic (exact) mass is 414 g/mol. The first kappa shape index (κ1) is 21.0. The summed E-state index contributed by atoms with van der Waals surface area (Å²) in [7, 11) is 0. The Labute approximate surface area is 184 Å². The molecule has 160 valence electrons. The highest BCUT2D eigenvalue weighted by molar-refractivity contribution is 5.75. The fourth-order valence-corrected chi connectivity index (χ4v) is 3.77. The lowest BCUT2D eigenvalue weighted by molar-refractivity contribution is 0.284. The summed E-state index contributed by atoms with van der Waals surface area (Å²) in [6.45, 7) is 8.37. The van der Waals surface area contributed by atoms with Gasteiger partial charge in [0.05, 0.1) is 17.6 Å². The predicted octanol–water partition coefficient (Wildman–Crippen LogP) is 6.40. The van der Waals surface area contributed by atoms with Gasteiger partial charge in [-0.05, 0) is 80.6 Å². The van der Waals surface area contributed by atoms with Crippen LogP contribution in [0.4, 0.5) is 0 Å². The molecule has 0 saturated carbocycles. The molecular weight excluding hydrogens is 384 g/mol. The summed E-state index contributed by atoms with van der Waals surface area (Å²) in [6.07, 6.45) is 2.00. The van der Waals surface area contributed by atoms with Crippen molar-refractivity contribution in [1.29, 1.82) is 0 Å². The number of para-hydroxylation sites is 2. The van der Waals surface area contributed by atoms with Gasteiger partial charge in [-0.15, -0.1) is 0 Å². The number of fused-ring (bicyclic) bond motifs is 1. The highest BCUT2D eigenvalue weighted by Crippen LogP contribution is 2.22. The van der Waals surface area contributed by atoms with Crippen LogP contribution in [0.15, 0.2) is 66.7 Å². The minimum Gasteiger partial charge on any atom is -0.493 e. The SMILES string of the molecule is Cc1cccc(OCc2nc3ccccc3n2CCCCOc2cccc(C)c2C)c1. The number of nitrogens with zero attached hydrogens (tertiary/aromatic N) is 2. The normalized spacial score (nSPS) is 11.1. The number of ether oxygens (including phenoxy) is 2. The average molecular weight is 415 g/mol. The van der Waals surface area contributed by atoms with Crippen molar-refractivity contribution in [2.45, 2.75) is 46.8 Å². The lowest BCUT2D eigenvalue weighted by atomic mass is 10.1. The van der Waals surface area contributed by atoms with E-state index in [1.165, 1.54) is 16.7 Å². The Hall–Kier alpha value is -3.27. The van der Waals surface area contributed by atoms with Gasteiger partial charge in [-0.2, -0.15) is 0 Å². The number of benzene rings is 3. The molecular formula is C27H30N2O2. The maximum Gasteiger partial charge on any atom is 0.147 e. The lowest BCUT2D eigenvalue weighted by Crippen LogP contribution is -2.09. The van der Waals surface area contributed by atoms with E-state index in [1.54, 1.807) is 0 Å². The molecule has 4 heteroatoms. The Morgan fingerprint density at radius 1 is 0.839 bits per heavy atom. The Morgan fingerprint density at radius 3 is 2.55 bits per heavy atom. The quantitative estimate of drug-likeness (QED) is 0.297. The predicted molar refractivity (Wildman–Crippen MR) is 126 cm³/mol. The Bertz CT molecular complexity index is 1160. The molecule has 0 aliphatic carbocycles. The molecule has 1 heterocycles. The number of aromatic nitrogens is 2. The molecule has 0 aliphatic heterocycles. The summed E-state index contributed by atoms with van der Waals surface area (Å²) in [5, 5.41) is 0. The van der Waals surface area contributed by atoms with Crippen LogP contribution in [0.1, 0.15) is 35.4 Å². The van der Waals surface area contributed by atoms with Crippen LogP contribution in [0.3, 0.4) is 0 Å². The molecule has 3 aromatic carbocycles. The van der Waals surface area contributed by atoms with Crippen LogP contribution in [0, 0.1) is 20.8 Å². The minimum atomic E-state index is 0.455. The zero-order valence-corrected chi connectivity index (χ0v) is 18.6. The van der Waals surface area contributed by atoms with E-state index < -0.39 is 0 Å². The van der Waals surface area contributed by atoms with Crippen LogP contribution in [-0.4, -0.2) is 16.2 Å². The molecule has 0 aliphatic rings. The molecule has 0 atom stereocenters. The molecule has 31 heavy (non-hydrogen) atoms. The largest absolute Gasteiger partial charge is 0.493 e. The van der Waals surface area contributed by atoms with Gasteiger partial charge in [0.1, 0.15) is 23.9 Å². The summed E-state index contributed by atoms with van der Waals surface area (Å²) >= 11 is 0. The molecule has 4 nitrogen and oxygen atoms in total. The van der Waals surface area contributed by atoms with E-state index in [2.05, 4.69) is 67.8 Å².